The molecule has 0 unspecified atom stereocenters. The van der Waals surface area contributed by atoms with E-state index < -0.39 is 0 Å². The summed E-state index contributed by atoms with van der Waals surface area (Å²) in [6.07, 6.45) is 1.69. The second kappa shape index (κ2) is 7.83. The molecule has 0 aliphatic carbocycles. The predicted molar refractivity (Wildman–Crippen MR) is 107 cm³/mol. The third kappa shape index (κ3) is 4.09. The highest BCUT2D eigenvalue weighted by atomic mass is 16.1. The molecular weight excluding hydrogens is 322 g/mol. The number of aryl methyl sites for hydroxylation is 3. The number of carbonyl (C=O) groups excluding carboxylic acids is 1. The van der Waals surface area contributed by atoms with Crippen molar-refractivity contribution in [3.05, 3.63) is 88.7 Å². The van der Waals surface area contributed by atoms with Crippen molar-refractivity contribution in [3.8, 4) is 0 Å². The fourth-order valence-corrected chi connectivity index (χ4v) is 2.83. The smallest absolute Gasteiger partial charge is 0.274 e. The van der Waals surface area contributed by atoms with Crippen LogP contribution >= 0.6 is 0 Å². The van der Waals surface area contributed by atoms with Gasteiger partial charge in [0, 0.05) is 12.2 Å². The Balaban J connectivity index is 1.65. The summed E-state index contributed by atoms with van der Waals surface area (Å²) in [5, 5.41) is 6.30. The Bertz CT molecular complexity index is 897. The lowest BCUT2D eigenvalue weighted by Gasteiger charge is -2.12. The van der Waals surface area contributed by atoms with Crippen molar-refractivity contribution in [2.75, 3.05) is 10.6 Å². The molecule has 3 aromatic rings. The van der Waals surface area contributed by atoms with Crippen LogP contribution in [-0.4, -0.2) is 10.9 Å². The van der Waals surface area contributed by atoms with Crippen LogP contribution in [0.1, 0.15) is 32.7 Å². The average Bonchev–Trinajstić information content (AvgIpc) is 2.64. The lowest BCUT2D eigenvalue weighted by molar-refractivity contribution is 0.102. The number of pyridine rings is 1. The Morgan fingerprint density at radius 1 is 0.885 bits per heavy atom. The molecule has 132 valence electrons. The van der Waals surface area contributed by atoms with Crippen molar-refractivity contribution in [3.63, 3.8) is 0 Å². The lowest BCUT2D eigenvalue weighted by Crippen LogP contribution is -2.15. The van der Waals surface area contributed by atoms with Gasteiger partial charge in [0.25, 0.3) is 5.91 Å². The minimum Gasteiger partial charge on any atom is -0.380 e. The van der Waals surface area contributed by atoms with E-state index in [2.05, 4.69) is 34.7 Å². The molecule has 0 bridgehead atoms. The van der Waals surface area contributed by atoms with Crippen molar-refractivity contribution in [1.29, 1.82) is 0 Å². The first-order valence-corrected chi connectivity index (χ1v) is 8.66. The van der Waals surface area contributed by atoms with Gasteiger partial charge in [0.05, 0.1) is 11.9 Å². The number of nitrogens with one attached hydrogen (secondary N) is 2. The summed E-state index contributed by atoms with van der Waals surface area (Å²) < 4.78 is 0. The number of hydrogen-bond donors (Lipinski definition) is 2. The highest BCUT2D eigenvalue weighted by molar-refractivity contribution is 6.03. The highest BCUT2D eigenvalue weighted by Crippen LogP contribution is 2.20. The van der Waals surface area contributed by atoms with Gasteiger partial charge in [-0.05, 0) is 55.2 Å². The number of amides is 1. The van der Waals surface area contributed by atoms with Gasteiger partial charge in [-0.25, -0.2) is 4.98 Å². The summed E-state index contributed by atoms with van der Waals surface area (Å²) in [4.78, 5) is 16.8. The largest absolute Gasteiger partial charge is 0.380 e. The molecule has 4 nitrogen and oxygen atoms in total. The molecule has 0 spiro atoms. The minimum absolute atomic E-state index is 0.201. The number of hydrogen-bond acceptors (Lipinski definition) is 3. The Morgan fingerprint density at radius 2 is 1.58 bits per heavy atom. The SMILES string of the molecule is Cc1ccccc1CNc1ccc(C(=O)Nc2c(C)cccc2C)nc1. The lowest BCUT2D eigenvalue weighted by atomic mass is 10.1. The summed E-state index contributed by atoms with van der Waals surface area (Å²) in [5.41, 5.74) is 6.69. The van der Waals surface area contributed by atoms with E-state index in [0.29, 0.717) is 5.69 Å². The zero-order valence-corrected chi connectivity index (χ0v) is 15.3. The first-order valence-electron chi connectivity index (χ1n) is 8.66. The summed E-state index contributed by atoms with van der Waals surface area (Å²) in [6, 6.07) is 17.8. The normalized spacial score (nSPS) is 10.4. The van der Waals surface area contributed by atoms with Crippen molar-refractivity contribution in [2.24, 2.45) is 0 Å². The van der Waals surface area contributed by atoms with Gasteiger partial charge in [0.15, 0.2) is 0 Å². The maximum Gasteiger partial charge on any atom is 0.274 e. The highest BCUT2D eigenvalue weighted by Gasteiger charge is 2.10. The molecule has 0 fully saturated rings. The van der Waals surface area contributed by atoms with Gasteiger partial charge in [-0.1, -0.05) is 42.5 Å². The molecule has 1 aromatic heterocycles. The fraction of sp³-hybridized carbons (Fsp3) is 0.182. The second-order valence-corrected chi connectivity index (χ2v) is 6.43. The van der Waals surface area contributed by atoms with Gasteiger partial charge in [0.2, 0.25) is 0 Å². The van der Waals surface area contributed by atoms with E-state index in [1.165, 1.54) is 11.1 Å². The summed E-state index contributed by atoms with van der Waals surface area (Å²) in [7, 11) is 0. The summed E-state index contributed by atoms with van der Waals surface area (Å²) >= 11 is 0. The minimum atomic E-state index is -0.201. The van der Waals surface area contributed by atoms with E-state index in [-0.39, 0.29) is 5.91 Å². The van der Waals surface area contributed by atoms with E-state index >= 15 is 0 Å². The molecule has 0 saturated carbocycles. The number of anilines is 2. The third-order valence-electron chi connectivity index (χ3n) is 4.46. The molecule has 4 heteroatoms. The number of nitrogens with zero attached hydrogens (tertiary/aromatic N) is 1. The first-order chi connectivity index (χ1) is 12.5. The molecule has 0 aliphatic rings. The predicted octanol–water partition coefficient (Wildman–Crippen LogP) is 4.87. The van der Waals surface area contributed by atoms with Gasteiger partial charge in [0.1, 0.15) is 5.69 Å². The van der Waals surface area contributed by atoms with Crippen LogP contribution in [0.2, 0.25) is 0 Å². The van der Waals surface area contributed by atoms with Crippen LogP contribution in [-0.2, 0) is 6.54 Å². The number of carbonyl (C=O) groups is 1. The van der Waals surface area contributed by atoms with Crippen LogP contribution in [0.15, 0.2) is 60.8 Å². The Labute approximate surface area is 154 Å². The van der Waals surface area contributed by atoms with Crippen LogP contribution in [0, 0.1) is 20.8 Å². The maximum atomic E-state index is 12.5. The summed E-state index contributed by atoms with van der Waals surface area (Å²) in [5.74, 6) is -0.201. The molecule has 2 aromatic carbocycles. The second-order valence-electron chi connectivity index (χ2n) is 6.43. The standard InChI is InChI=1S/C22H23N3O/c1-15-7-4-5-10-18(15)13-23-19-11-12-20(24-14-19)22(26)25-21-16(2)8-6-9-17(21)3/h4-12,14,23H,13H2,1-3H3,(H,25,26). The fourth-order valence-electron chi connectivity index (χ4n) is 2.83. The molecule has 0 atom stereocenters. The Kier molecular flexibility index (Phi) is 5.32. The Morgan fingerprint density at radius 3 is 2.23 bits per heavy atom. The van der Waals surface area contributed by atoms with Crippen molar-refractivity contribution in [1.82, 2.24) is 4.98 Å². The van der Waals surface area contributed by atoms with Crippen molar-refractivity contribution >= 4 is 17.3 Å². The molecule has 0 aliphatic heterocycles. The monoisotopic (exact) mass is 345 g/mol. The molecule has 26 heavy (non-hydrogen) atoms. The van der Waals surface area contributed by atoms with E-state index in [0.717, 1.165) is 29.0 Å². The van der Waals surface area contributed by atoms with Gasteiger partial charge in [-0.2, -0.15) is 0 Å². The Hall–Kier alpha value is -3.14. The third-order valence-corrected chi connectivity index (χ3v) is 4.46. The molecule has 2 N–H and O–H groups in total. The quantitative estimate of drug-likeness (QED) is 0.693. The van der Waals surface area contributed by atoms with Crippen LogP contribution in [0.4, 0.5) is 11.4 Å². The van der Waals surface area contributed by atoms with Crippen molar-refractivity contribution < 1.29 is 4.79 Å². The van der Waals surface area contributed by atoms with E-state index in [1.54, 1.807) is 12.3 Å². The van der Waals surface area contributed by atoms with E-state index in [9.17, 15) is 4.79 Å². The molecule has 0 radical (unpaired) electrons. The van der Waals surface area contributed by atoms with Crippen LogP contribution in [0.3, 0.4) is 0 Å². The zero-order valence-electron chi connectivity index (χ0n) is 15.3. The van der Waals surface area contributed by atoms with Gasteiger partial charge < -0.3 is 10.6 Å². The van der Waals surface area contributed by atoms with Crippen LogP contribution in [0.25, 0.3) is 0 Å². The van der Waals surface area contributed by atoms with E-state index in [1.807, 2.05) is 50.2 Å². The van der Waals surface area contributed by atoms with Crippen LogP contribution in [0.5, 0.6) is 0 Å². The molecule has 3 rings (SSSR count). The van der Waals surface area contributed by atoms with Crippen molar-refractivity contribution in [2.45, 2.75) is 27.3 Å². The number of aromatic nitrogens is 1. The van der Waals surface area contributed by atoms with Crippen LogP contribution < -0.4 is 10.6 Å². The number of rotatable bonds is 5. The number of benzene rings is 2. The molecule has 1 amide bonds. The van der Waals surface area contributed by atoms with Gasteiger partial charge in [-0.15, -0.1) is 0 Å². The van der Waals surface area contributed by atoms with Gasteiger partial charge in [-0.3, -0.25) is 4.79 Å². The number of para-hydroxylation sites is 1. The molecular formula is C22H23N3O. The average molecular weight is 345 g/mol. The first kappa shape index (κ1) is 17.7. The van der Waals surface area contributed by atoms with Gasteiger partial charge >= 0.3 is 0 Å². The molecule has 0 saturated heterocycles. The maximum absolute atomic E-state index is 12.5. The summed E-state index contributed by atoms with van der Waals surface area (Å²) in [6.45, 7) is 6.78. The topological polar surface area (TPSA) is 54.0 Å². The zero-order chi connectivity index (χ0) is 18.5. The van der Waals surface area contributed by atoms with E-state index in [4.69, 9.17) is 0 Å². The molecule has 1 heterocycles.